The van der Waals surface area contributed by atoms with Crippen molar-refractivity contribution in [3.8, 4) is 5.75 Å². The minimum atomic E-state index is -0.0360. The van der Waals surface area contributed by atoms with E-state index in [0.717, 1.165) is 42.5 Å². The highest BCUT2D eigenvalue weighted by molar-refractivity contribution is 9.09. The molecule has 1 aromatic rings. The van der Waals surface area contributed by atoms with E-state index in [1.54, 1.807) is 0 Å². The van der Waals surface area contributed by atoms with Crippen LogP contribution in [0.5, 0.6) is 5.75 Å². The van der Waals surface area contributed by atoms with Gasteiger partial charge in [0.15, 0.2) is 0 Å². The molecule has 3 nitrogen and oxygen atoms in total. The van der Waals surface area contributed by atoms with Crippen molar-refractivity contribution in [3.63, 3.8) is 0 Å². The molecule has 2 rings (SSSR count). The maximum absolute atomic E-state index is 12.4. The predicted molar refractivity (Wildman–Crippen MR) is 84.4 cm³/mol. The first-order valence-corrected chi connectivity index (χ1v) is 8.36. The molecule has 0 saturated heterocycles. The number of amides is 1. The lowest BCUT2D eigenvalue weighted by Crippen LogP contribution is -2.39. The minimum Gasteiger partial charge on any atom is -0.492 e. The molecule has 0 saturated carbocycles. The van der Waals surface area contributed by atoms with Gasteiger partial charge in [0.1, 0.15) is 12.4 Å². The highest BCUT2D eigenvalue weighted by Crippen LogP contribution is 2.27. The summed E-state index contributed by atoms with van der Waals surface area (Å²) in [6.45, 7) is 1.34. The molecule has 110 valence electrons. The Balaban J connectivity index is 1.84. The van der Waals surface area contributed by atoms with Gasteiger partial charge in [0.05, 0.1) is 5.92 Å². The molecule has 0 spiro atoms. The first-order chi connectivity index (χ1) is 9.72. The molecular formula is C16H22BrNO2. The summed E-state index contributed by atoms with van der Waals surface area (Å²) in [6.07, 6.45) is 4.19. The third-order valence-corrected chi connectivity index (χ3v) is 4.29. The normalized spacial score (nSPS) is 17.2. The van der Waals surface area contributed by atoms with Gasteiger partial charge in [0.2, 0.25) is 5.91 Å². The van der Waals surface area contributed by atoms with Gasteiger partial charge < -0.3 is 9.64 Å². The number of halogens is 1. The highest BCUT2D eigenvalue weighted by atomic mass is 79.9. The number of hydrogen-bond acceptors (Lipinski definition) is 2. The lowest BCUT2D eigenvalue weighted by molar-refractivity contribution is -0.135. The summed E-state index contributed by atoms with van der Waals surface area (Å²) in [5, 5.41) is 1.04. The summed E-state index contributed by atoms with van der Waals surface area (Å²) < 4.78 is 5.70. The fraction of sp³-hybridized carbons (Fsp3) is 0.562. The van der Waals surface area contributed by atoms with Crippen LogP contribution in [0.2, 0.25) is 0 Å². The number of carbonyl (C=O) groups is 1. The number of hydrogen-bond donors (Lipinski definition) is 0. The Morgan fingerprint density at radius 1 is 1.35 bits per heavy atom. The van der Waals surface area contributed by atoms with E-state index in [1.807, 2.05) is 36.2 Å². The second-order valence-electron chi connectivity index (χ2n) is 5.33. The minimum absolute atomic E-state index is 0.0360. The molecule has 20 heavy (non-hydrogen) atoms. The molecule has 1 aliphatic rings. The van der Waals surface area contributed by atoms with Crippen LogP contribution >= 0.6 is 15.9 Å². The standard InChI is InChI=1S/C16H22BrNO2/c1-18(10-6-2-5-9-17)16(19)14-11-13-7-3-4-8-15(13)20-12-14/h3-4,7-8,14H,2,5-6,9-12H2,1H3. The average molecular weight is 340 g/mol. The molecule has 1 atom stereocenters. The zero-order chi connectivity index (χ0) is 14.4. The molecule has 1 heterocycles. The number of rotatable bonds is 6. The summed E-state index contributed by atoms with van der Waals surface area (Å²) in [7, 11) is 1.90. The van der Waals surface area contributed by atoms with Gasteiger partial charge in [-0.15, -0.1) is 0 Å². The Morgan fingerprint density at radius 2 is 2.15 bits per heavy atom. The number of benzene rings is 1. The Bertz CT molecular complexity index is 450. The van der Waals surface area contributed by atoms with Gasteiger partial charge in [-0.2, -0.15) is 0 Å². The molecule has 1 aromatic carbocycles. The van der Waals surface area contributed by atoms with Crippen LogP contribution < -0.4 is 4.74 Å². The smallest absolute Gasteiger partial charge is 0.229 e. The van der Waals surface area contributed by atoms with E-state index < -0.39 is 0 Å². The second-order valence-corrected chi connectivity index (χ2v) is 6.12. The van der Waals surface area contributed by atoms with Crippen LogP contribution in [0, 0.1) is 5.92 Å². The highest BCUT2D eigenvalue weighted by Gasteiger charge is 2.27. The van der Waals surface area contributed by atoms with Crippen molar-refractivity contribution >= 4 is 21.8 Å². The van der Waals surface area contributed by atoms with Crippen LogP contribution in [0.1, 0.15) is 24.8 Å². The predicted octanol–water partition coefficient (Wildman–Crippen LogP) is 3.26. The summed E-state index contributed by atoms with van der Waals surface area (Å²) in [6, 6.07) is 7.99. The van der Waals surface area contributed by atoms with E-state index in [2.05, 4.69) is 15.9 Å². The van der Waals surface area contributed by atoms with Crippen LogP contribution in [0.15, 0.2) is 24.3 Å². The SMILES string of the molecule is CN(CCCCCBr)C(=O)C1COc2ccccc2C1. The second kappa shape index (κ2) is 7.67. The molecule has 0 radical (unpaired) electrons. The van der Waals surface area contributed by atoms with E-state index in [9.17, 15) is 4.79 Å². The molecule has 0 bridgehead atoms. The van der Waals surface area contributed by atoms with E-state index in [-0.39, 0.29) is 11.8 Å². The van der Waals surface area contributed by atoms with Crippen LogP contribution in [0.3, 0.4) is 0 Å². The Morgan fingerprint density at radius 3 is 2.95 bits per heavy atom. The molecule has 0 N–H and O–H groups in total. The van der Waals surface area contributed by atoms with Crippen molar-refractivity contribution in [1.29, 1.82) is 0 Å². The topological polar surface area (TPSA) is 29.5 Å². The molecule has 0 fully saturated rings. The Hall–Kier alpha value is -1.03. The number of carbonyl (C=O) groups excluding carboxylic acids is 1. The third-order valence-electron chi connectivity index (χ3n) is 3.73. The lowest BCUT2D eigenvalue weighted by atomic mass is 9.95. The Labute approximate surface area is 129 Å². The largest absolute Gasteiger partial charge is 0.492 e. The molecule has 0 aliphatic carbocycles. The molecule has 1 unspecified atom stereocenters. The van der Waals surface area contributed by atoms with Crippen molar-refractivity contribution in [2.75, 3.05) is 25.5 Å². The van der Waals surface area contributed by atoms with Gasteiger partial charge in [-0.3, -0.25) is 4.79 Å². The van der Waals surface area contributed by atoms with Crippen LogP contribution in [0.4, 0.5) is 0 Å². The maximum Gasteiger partial charge on any atom is 0.229 e. The van der Waals surface area contributed by atoms with E-state index >= 15 is 0 Å². The van der Waals surface area contributed by atoms with Gasteiger partial charge in [-0.1, -0.05) is 40.5 Å². The zero-order valence-corrected chi connectivity index (χ0v) is 13.6. The lowest BCUT2D eigenvalue weighted by Gasteiger charge is -2.28. The van der Waals surface area contributed by atoms with Gasteiger partial charge in [0.25, 0.3) is 0 Å². The van der Waals surface area contributed by atoms with Gasteiger partial charge >= 0.3 is 0 Å². The zero-order valence-electron chi connectivity index (χ0n) is 12.0. The van der Waals surface area contributed by atoms with Crippen molar-refractivity contribution in [2.45, 2.75) is 25.7 Å². The van der Waals surface area contributed by atoms with Crippen molar-refractivity contribution in [1.82, 2.24) is 4.90 Å². The van der Waals surface area contributed by atoms with Crippen LogP contribution in [-0.4, -0.2) is 36.3 Å². The maximum atomic E-state index is 12.4. The van der Waals surface area contributed by atoms with Crippen molar-refractivity contribution in [2.24, 2.45) is 5.92 Å². The van der Waals surface area contributed by atoms with Crippen molar-refractivity contribution < 1.29 is 9.53 Å². The monoisotopic (exact) mass is 339 g/mol. The molecule has 0 aromatic heterocycles. The summed E-state index contributed by atoms with van der Waals surface area (Å²) in [4.78, 5) is 14.3. The molecule has 1 amide bonds. The summed E-state index contributed by atoms with van der Waals surface area (Å²) >= 11 is 3.43. The average Bonchev–Trinajstić information content (AvgIpc) is 2.50. The fourth-order valence-corrected chi connectivity index (χ4v) is 2.93. The van der Waals surface area contributed by atoms with E-state index in [4.69, 9.17) is 4.74 Å². The van der Waals surface area contributed by atoms with Crippen molar-refractivity contribution in [3.05, 3.63) is 29.8 Å². The number of unbranched alkanes of at least 4 members (excludes halogenated alkanes) is 2. The number of nitrogens with zero attached hydrogens (tertiary/aromatic N) is 1. The summed E-state index contributed by atoms with van der Waals surface area (Å²) in [5.41, 5.74) is 1.14. The van der Waals surface area contributed by atoms with E-state index in [1.165, 1.54) is 6.42 Å². The first kappa shape index (κ1) is 15.4. The number of alkyl halides is 1. The van der Waals surface area contributed by atoms with Crippen LogP contribution in [0.25, 0.3) is 0 Å². The molecule has 1 aliphatic heterocycles. The van der Waals surface area contributed by atoms with Gasteiger partial charge in [-0.05, 0) is 30.9 Å². The van der Waals surface area contributed by atoms with Gasteiger partial charge in [0, 0.05) is 18.9 Å². The van der Waals surface area contributed by atoms with E-state index in [0.29, 0.717) is 6.61 Å². The third kappa shape index (κ3) is 3.98. The summed E-state index contributed by atoms with van der Waals surface area (Å²) in [5.74, 6) is 1.10. The number of fused-ring (bicyclic) bond motifs is 1. The van der Waals surface area contributed by atoms with Crippen LogP contribution in [-0.2, 0) is 11.2 Å². The number of para-hydroxylation sites is 1. The van der Waals surface area contributed by atoms with Gasteiger partial charge in [-0.25, -0.2) is 0 Å². The fourth-order valence-electron chi connectivity index (χ4n) is 2.53. The molecule has 4 heteroatoms. The number of ether oxygens (including phenoxy) is 1. The first-order valence-electron chi connectivity index (χ1n) is 7.24. The Kier molecular flexibility index (Phi) is 5.89. The quantitative estimate of drug-likeness (QED) is 0.588. The molecular weight excluding hydrogens is 318 g/mol.